The number of urea groups is 1. The van der Waals surface area contributed by atoms with Crippen LogP contribution in [0.3, 0.4) is 0 Å². The summed E-state index contributed by atoms with van der Waals surface area (Å²) in [6.45, 7) is 2.54. The number of rotatable bonds is 5. The van der Waals surface area contributed by atoms with E-state index in [1.54, 1.807) is 24.3 Å². The zero-order valence-corrected chi connectivity index (χ0v) is 21.7. The van der Waals surface area contributed by atoms with Gasteiger partial charge in [-0.05, 0) is 48.4 Å². The van der Waals surface area contributed by atoms with Crippen LogP contribution in [0.25, 0.3) is 0 Å². The number of aryl methyl sites for hydroxylation is 1. The predicted molar refractivity (Wildman–Crippen MR) is 140 cm³/mol. The second-order valence-corrected chi connectivity index (χ2v) is 10.6. The Balaban J connectivity index is 1.48. The largest absolute Gasteiger partial charge is 0.497 e. The van der Waals surface area contributed by atoms with E-state index in [4.69, 9.17) is 4.74 Å². The second kappa shape index (κ2) is 9.90. The Bertz CT molecular complexity index is 1400. The molecule has 0 radical (unpaired) electrons. The highest BCUT2D eigenvalue weighted by molar-refractivity contribution is 8.01. The lowest BCUT2D eigenvalue weighted by Crippen LogP contribution is -2.53. The SMILES string of the molecule is COc1ccc2c(c1)C1(SCCN1C(=O)NCc1cccc(C)c1)C(=O)N2Cc1cccc(C(F)(F)F)c1. The first-order valence-electron chi connectivity index (χ1n) is 12.0. The molecule has 0 aliphatic carbocycles. The summed E-state index contributed by atoms with van der Waals surface area (Å²) in [5.41, 5.74) is 2.69. The van der Waals surface area contributed by atoms with Gasteiger partial charge in [-0.1, -0.05) is 42.0 Å². The third-order valence-corrected chi connectivity index (χ3v) is 8.19. The number of fused-ring (bicyclic) bond motifs is 2. The average molecular weight is 542 g/mol. The number of halogens is 3. The van der Waals surface area contributed by atoms with Crippen molar-refractivity contribution in [1.29, 1.82) is 0 Å². The van der Waals surface area contributed by atoms with Crippen molar-refractivity contribution in [2.45, 2.75) is 31.1 Å². The van der Waals surface area contributed by atoms with Gasteiger partial charge in [-0.25, -0.2) is 4.79 Å². The molecule has 0 aromatic heterocycles. The van der Waals surface area contributed by atoms with Gasteiger partial charge in [-0.15, -0.1) is 11.8 Å². The number of benzene rings is 3. The Morgan fingerprint density at radius 2 is 1.84 bits per heavy atom. The van der Waals surface area contributed by atoms with Gasteiger partial charge in [-0.3, -0.25) is 9.69 Å². The summed E-state index contributed by atoms with van der Waals surface area (Å²) < 4.78 is 45.4. The van der Waals surface area contributed by atoms with Crippen LogP contribution in [-0.4, -0.2) is 36.2 Å². The number of amides is 3. The summed E-state index contributed by atoms with van der Waals surface area (Å²) in [7, 11) is 1.51. The lowest BCUT2D eigenvalue weighted by molar-refractivity contribution is -0.137. The first kappa shape index (κ1) is 26.0. The van der Waals surface area contributed by atoms with Gasteiger partial charge in [0.1, 0.15) is 5.75 Å². The highest BCUT2D eigenvalue weighted by Crippen LogP contribution is 2.55. The van der Waals surface area contributed by atoms with Crippen LogP contribution < -0.4 is 15.0 Å². The normalized spacial score (nSPS) is 18.7. The number of ether oxygens (including phenoxy) is 1. The summed E-state index contributed by atoms with van der Waals surface area (Å²) in [5.74, 6) is 0.674. The van der Waals surface area contributed by atoms with Gasteiger partial charge in [0.05, 0.1) is 24.9 Å². The first-order chi connectivity index (χ1) is 18.1. The van der Waals surface area contributed by atoms with Gasteiger partial charge >= 0.3 is 12.2 Å². The van der Waals surface area contributed by atoms with E-state index >= 15 is 0 Å². The quantitative estimate of drug-likeness (QED) is 0.452. The number of carbonyl (C=O) groups excluding carboxylic acids is 2. The monoisotopic (exact) mass is 541 g/mol. The molecule has 0 bridgehead atoms. The topological polar surface area (TPSA) is 61.9 Å². The van der Waals surface area contributed by atoms with Crippen LogP contribution in [0.4, 0.5) is 23.7 Å². The van der Waals surface area contributed by atoms with Gasteiger partial charge in [-0.2, -0.15) is 13.2 Å². The number of nitrogens with zero attached hydrogens (tertiary/aromatic N) is 2. The lowest BCUT2D eigenvalue weighted by Gasteiger charge is -2.33. The molecule has 2 aliphatic rings. The van der Waals surface area contributed by atoms with Crippen molar-refractivity contribution in [3.05, 3.63) is 94.5 Å². The lowest BCUT2D eigenvalue weighted by atomic mass is 10.1. The highest BCUT2D eigenvalue weighted by atomic mass is 32.2. The standard InChI is InChI=1S/C28H26F3N3O3S/c1-18-5-3-6-19(13-18)16-32-26(36)34-11-12-38-27(34)23-15-22(37-2)9-10-24(23)33(25(27)35)17-20-7-4-8-21(14-20)28(29,30)31/h3-10,13-15H,11-12,16-17H2,1-2H3,(H,32,36). The summed E-state index contributed by atoms with van der Waals surface area (Å²) >= 11 is 1.34. The maximum absolute atomic E-state index is 14.1. The van der Waals surface area contributed by atoms with Crippen LogP contribution in [0.15, 0.2) is 66.7 Å². The van der Waals surface area contributed by atoms with Crippen LogP contribution in [0.1, 0.15) is 27.8 Å². The van der Waals surface area contributed by atoms with E-state index in [0.29, 0.717) is 41.4 Å². The minimum absolute atomic E-state index is 0.0663. The van der Waals surface area contributed by atoms with Gasteiger partial charge in [0.15, 0.2) is 4.87 Å². The Labute approximate surface area is 222 Å². The van der Waals surface area contributed by atoms with Crippen molar-refractivity contribution in [3.63, 3.8) is 0 Å². The summed E-state index contributed by atoms with van der Waals surface area (Å²) in [4.78, 5) is 29.2. The number of alkyl halides is 3. The summed E-state index contributed by atoms with van der Waals surface area (Å²) in [6.07, 6.45) is -4.50. The number of carbonyl (C=O) groups is 2. The van der Waals surface area contributed by atoms with E-state index in [1.807, 2.05) is 31.2 Å². The molecule has 3 aromatic rings. The first-order valence-corrected chi connectivity index (χ1v) is 13.0. The fourth-order valence-electron chi connectivity index (χ4n) is 5.00. The van der Waals surface area contributed by atoms with Gasteiger partial charge in [0.25, 0.3) is 5.91 Å². The molecule has 1 atom stereocenters. The van der Waals surface area contributed by atoms with E-state index in [9.17, 15) is 22.8 Å². The fraction of sp³-hybridized carbons (Fsp3) is 0.286. The molecule has 2 heterocycles. The van der Waals surface area contributed by atoms with Crippen LogP contribution in [0, 0.1) is 6.92 Å². The predicted octanol–water partition coefficient (Wildman–Crippen LogP) is 5.68. The number of thioether (sulfide) groups is 1. The van der Waals surface area contributed by atoms with Crippen LogP contribution >= 0.6 is 11.8 Å². The molecular formula is C28H26F3N3O3S. The molecule has 0 saturated carbocycles. The Morgan fingerprint density at radius 3 is 2.58 bits per heavy atom. The van der Waals surface area contributed by atoms with E-state index in [-0.39, 0.29) is 18.5 Å². The number of methoxy groups -OCH3 is 1. The number of anilines is 1. The van der Waals surface area contributed by atoms with Crippen molar-refractivity contribution in [3.8, 4) is 5.75 Å². The molecule has 3 amide bonds. The van der Waals surface area contributed by atoms with E-state index in [2.05, 4.69) is 5.32 Å². The zero-order valence-electron chi connectivity index (χ0n) is 20.8. The molecule has 198 valence electrons. The smallest absolute Gasteiger partial charge is 0.416 e. The zero-order chi connectivity index (χ0) is 27.1. The van der Waals surface area contributed by atoms with E-state index in [1.165, 1.54) is 34.7 Å². The maximum atomic E-state index is 14.1. The van der Waals surface area contributed by atoms with Crippen LogP contribution in [0.5, 0.6) is 5.75 Å². The summed E-state index contributed by atoms with van der Waals surface area (Å²) in [5, 5.41) is 2.93. The minimum atomic E-state index is -4.50. The van der Waals surface area contributed by atoms with Crippen LogP contribution in [0.2, 0.25) is 0 Å². The van der Waals surface area contributed by atoms with E-state index in [0.717, 1.165) is 23.3 Å². The molecule has 1 fully saturated rings. The molecule has 1 spiro atoms. The molecular weight excluding hydrogens is 515 g/mol. The van der Waals surface area contributed by atoms with Gasteiger partial charge in [0, 0.05) is 24.4 Å². The molecule has 10 heteroatoms. The van der Waals surface area contributed by atoms with Crippen molar-refractivity contribution >= 4 is 29.4 Å². The molecule has 1 N–H and O–H groups in total. The molecule has 6 nitrogen and oxygen atoms in total. The van der Waals surface area contributed by atoms with Crippen molar-refractivity contribution in [2.75, 3.05) is 24.3 Å². The highest BCUT2D eigenvalue weighted by Gasteiger charge is 2.59. The minimum Gasteiger partial charge on any atom is -0.497 e. The fourth-order valence-corrected chi connectivity index (χ4v) is 6.45. The number of hydrogen-bond donors (Lipinski definition) is 1. The Kier molecular flexibility index (Phi) is 6.77. The molecule has 1 unspecified atom stereocenters. The molecule has 1 saturated heterocycles. The Hall–Kier alpha value is -3.66. The molecule has 38 heavy (non-hydrogen) atoms. The molecule has 3 aromatic carbocycles. The molecule has 5 rings (SSSR count). The average Bonchev–Trinajstić information content (AvgIpc) is 3.44. The number of hydrogen-bond acceptors (Lipinski definition) is 4. The maximum Gasteiger partial charge on any atom is 0.416 e. The van der Waals surface area contributed by atoms with Crippen molar-refractivity contribution in [2.24, 2.45) is 0 Å². The summed E-state index contributed by atoms with van der Waals surface area (Å²) in [6, 6.07) is 17.5. The van der Waals surface area contributed by atoms with Gasteiger partial charge in [0.2, 0.25) is 0 Å². The number of nitrogens with one attached hydrogen (secondary N) is 1. The third-order valence-electron chi connectivity index (χ3n) is 6.77. The van der Waals surface area contributed by atoms with Crippen molar-refractivity contribution < 1.29 is 27.5 Å². The van der Waals surface area contributed by atoms with Crippen LogP contribution in [-0.2, 0) is 28.9 Å². The third kappa shape index (κ3) is 4.57. The molecule has 2 aliphatic heterocycles. The Morgan fingerprint density at radius 1 is 1.08 bits per heavy atom. The van der Waals surface area contributed by atoms with Crippen molar-refractivity contribution in [1.82, 2.24) is 10.2 Å². The van der Waals surface area contributed by atoms with E-state index < -0.39 is 16.6 Å². The van der Waals surface area contributed by atoms with Gasteiger partial charge < -0.3 is 15.0 Å². The second-order valence-electron chi connectivity index (χ2n) is 9.26.